The van der Waals surface area contributed by atoms with E-state index in [4.69, 9.17) is 0 Å². The van der Waals surface area contributed by atoms with Crippen LogP contribution in [0.2, 0.25) is 0 Å². The second-order valence-corrected chi connectivity index (χ2v) is 5.69. The van der Waals surface area contributed by atoms with Gasteiger partial charge in [-0.1, -0.05) is 12.8 Å². The Bertz CT molecular complexity index is 285. The van der Waals surface area contributed by atoms with Crippen molar-refractivity contribution in [1.29, 1.82) is 0 Å². The summed E-state index contributed by atoms with van der Waals surface area (Å²) in [7, 11) is 0. The zero-order valence-electron chi connectivity index (χ0n) is 11.0. The number of rotatable bonds is 6. The molecule has 1 heterocycles. The third-order valence-electron chi connectivity index (χ3n) is 4.56. The zero-order chi connectivity index (χ0) is 13.0. The minimum Gasteiger partial charge on any atom is -0.480 e. The van der Waals surface area contributed by atoms with Crippen LogP contribution in [0.5, 0.6) is 0 Å². The Balaban J connectivity index is 1.91. The summed E-state index contributed by atoms with van der Waals surface area (Å²) in [4.78, 5) is 13.5. The summed E-state index contributed by atoms with van der Waals surface area (Å²) in [6.45, 7) is 0.576. The van der Waals surface area contributed by atoms with Crippen LogP contribution in [0.3, 0.4) is 0 Å². The predicted octanol–water partition coefficient (Wildman–Crippen LogP) is 2.84. The van der Waals surface area contributed by atoms with E-state index in [2.05, 4.69) is 4.90 Å². The van der Waals surface area contributed by atoms with Gasteiger partial charge in [0.25, 0.3) is 0 Å². The van der Waals surface area contributed by atoms with Gasteiger partial charge in [-0.3, -0.25) is 14.1 Å². The molecule has 3 nitrogen and oxygen atoms in total. The van der Waals surface area contributed by atoms with Crippen molar-refractivity contribution < 1.29 is 14.3 Å². The molecule has 104 valence electrons. The van der Waals surface area contributed by atoms with Gasteiger partial charge < -0.3 is 5.11 Å². The van der Waals surface area contributed by atoms with Gasteiger partial charge in [0, 0.05) is 6.04 Å². The van der Waals surface area contributed by atoms with Crippen molar-refractivity contribution in [1.82, 2.24) is 4.90 Å². The van der Waals surface area contributed by atoms with Gasteiger partial charge in [-0.05, 0) is 51.0 Å². The molecule has 1 N–H and O–H groups in total. The molecule has 2 rings (SSSR count). The van der Waals surface area contributed by atoms with Crippen LogP contribution in [-0.4, -0.2) is 41.3 Å². The second-order valence-electron chi connectivity index (χ2n) is 5.69. The van der Waals surface area contributed by atoms with E-state index in [-0.39, 0.29) is 12.7 Å². The number of hydrogen-bond donors (Lipinski definition) is 1. The molecular weight excluding hydrogens is 233 g/mol. The minimum absolute atomic E-state index is 0.256. The van der Waals surface area contributed by atoms with Crippen molar-refractivity contribution in [2.24, 2.45) is 5.92 Å². The molecule has 0 aromatic carbocycles. The SMILES string of the molecule is O=C(O)C1CC2CCCCC2N1CCCCCF. The topological polar surface area (TPSA) is 40.5 Å². The Morgan fingerprint density at radius 2 is 2.00 bits per heavy atom. The maximum absolute atomic E-state index is 12.1. The Hall–Kier alpha value is -0.640. The van der Waals surface area contributed by atoms with Crippen molar-refractivity contribution in [3.8, 4) is 0 Å². The number of nitrogens with zero attached hydrogens (tertiary/aromatic N) is 1. The molecule has 2 aliphatic rings. The van der Waals surface area contributed by atoms with Gasteiger partial charge in [0.05, 0.1) is 6.67 Å². The number of carboxylic acids is 1. The van der Waals surface area contributed by atoms with Crippen LogP contribution in [0, 0.1) is 5.92 Å². The van der Waals surface area contributed by atoms with E-state index in [0.717, 1.165) is 32.2 Å². The predicted molar refractivity (Wildman–Crippen MR) is 68.3 cm³/mol. The Morgan fingerprint density at radius 3 is 2.72 bits per heavy atom. The maximum Gasteiger partial charge on any atom is 0.320 e. The Morgan fingerprint density at radius 1 is 1.22 bits per heavy atom. The van der Waals surface area contributed by atoms with Crippen LogP contribution in [0.15, 0.2) is 0 Å². The van der Waals surface area contributed by atoms with Crippen LogP contribution < -0.4 is 0 Å². The Kier molecular flexibility index (Phi) is 4.98. The Labute approximate surface area is 108 Å². The zero-order valence-corrected chi connectivity index (χ0v) is 11.0. The summed E-state index contributed by atoms with van der Waals surface area (Å²) < 4.78 is 12.1. The first kappa shape index (κ1) is 13.8. The number of unbranched alkanes of at least 4 members (excludes halogenated alkanes) is 2. The van der Waals surface area contributed by atoms with Gasteiger partial charge in [0.1, 0.15) is 6.04 Å². The molecule has 2 fully saturated rings. The molecule has 1 aliphatic carbocycles. The summed E-state index contributed by atoms with van der Waals surface area (Å²) in [5.74, 6) is -0.0871. The van der Waals surface area contributed by atoms with Crippen molar-refractivity contribution in [3.05, 3.63) is 0 Å². The summed E-state index contributed by atoms with van der Waals surface area (Å²) in [6.07, 6.45) is 8.06. The van der Waals surface area contributed by atoms with E-state index >= 15 is 0 Å². The van der Waals surface area contributed by atoms with Gasteiger partial charge in [0.2, 0.25) is 0 Å². The van der Waals surface area contributed by atoms with Gasteiger partial charge in [-0.25, -0.2) is 0 Å². The van der Waals surface area contributed by atoms with Gasteiger partial charge in [-0.15, -0.1) is 0 Å². The molecule has 0 aromatic heterocycles. The molecule has 4 heteroatoms. The monoisotopic (exact) mass is 257 g/mol. The summed E-state index contributed by atoms with van der Waals surface area (Å²) in [5.41, 5.74) is 0. The molecule has 18 heavy (non-hydrogen) atoms. The molecule has 0 aromatic rings. The van der Waals surface area contributed by atoms with E-state index in [1.165, 1.54) is 19.3 Å². The lowest BCUT2D eigenvalue weighted by atomic mass is 9.85. The van der Waals surface area contributed by atoms with Crippen molar-refractivity contribution in [3.63, 3.8) is 0 Å². The lowest BCUT2D eigenvalue weighted by Crippen LogP contribution is -2.42. The number of carbonyl (C=O) groups is 1. The first-order chi connectivity index (χ1) is 8.74. The highest BCUT2D eigenvalue weighted by Crippen LogP contribution is 2.39. The van der Waals surface area contributed by atoms with Crippen LogP contribution in [0.4, 0.5) is 4.39 Å². The average molecular weight is 257 g/mol. The first-order valence-corrected chi connectivity index (χ1v) is 7.28. The van der Waals surface area contributed by atoms with Crippen molar-refractivity contribution >= 4 is 5.97 Å². The average Bonchev–Trinajstić information content (AvgIpc) is 2.74. The molecule has 1 saturated carbocycles. The highest BCUT2D eigenvalue weighted by atomic mass is 19.1. The molecule has 1 saturated heterocycles. The fraction of sp³-hybridized carbons (Fsp3) is 0.929. The number of aliphatic carboxylic acids is 1. The summed E-state index contributed by atoms with van der Waals surface area (Å²) in [5, 5.41) is 9.33. The molecule has 3 unspecified atom stereocenters. The van der Waals surface area contributed by atoms with E-state index in [1.807, 2.05) is 0 Å². The quantitative estimate of drug-likeness (QED) is 0.744. The smallest absolute Gasteiger partial charge is 0.320 e. The third-order valence-corrected chi connectivity index (χ3v) is 4.56. The molecule has 3 atom stereocenters. The normalized spacial score (nSPS) is 32.4. The number of likely N-dealkylation sites (tertiary alicyclic amines) is 1. The number of carboxylic acid groups (broad SMARTS) is 1. The van der Waals surface area contributed by atoms with Crippen LogP contribution >= 0.6 is 0 Å². The highest BCUT2D eigenvalue weighted by Gasteiger charge is 2.44. The highest BCUT2D eigenvalue weighted by molar-refractivity contribution is 5.74. The number of halogens is 1. The first-order valence-electron chi connectivity index (χ1n) is 7.28. The van der Waals surface area contributed by atoms with Crippen LogP contribution in [0.25, 0.3) is 0 Å². The lowest BCUT2D eigenvalue weighted by Gasteiger charge is -2.32. The fourth-order valence-electron chi connectivity index (χ4n) is 3.68. The van der Waals surface area contributed by atoms with Gasteiger partial charge in [-0.2, -0.15) is 0 Å². The number of hydrogen-bond acceptors (Lipinski definition) is 2. The molecule has 0 bridgehead atoms. The summed E-state index contributed by atoms with van der Waals surface area (Å²) >= 11 is 0. The molecule has 0 radical (unpaired) electrons. The molecule has 0 amide bonds. The van der Waals surface area contributed by atoms with Crippen LogP contribution in [-0.2, 0) is 4.79 Å². The second kappa shape index (κ2) is 6.50. The maximum atomic E-state index is 12.1. The molecular formula is C14H24FNO2. The van der Waals surface area contributed by atoms with Gasteiger partial charge >= 0.3 is 5.97 Å². The van der Waals surface area contributed by atoms with E-state index in [0.29, 0.717) is 18.4 Å². The summed E-state index contributed by atoms with van der Waals surface area (Å²) in [6, 6.07) is 0.189. The van der Waals surface area contributed by atoms with Crippen molar-refractivity contribution in [2.75, 3.05) is 13.2 Å². The lowest BCUT2D eigenvalue weighted by molar-refractivity contribution is -0.142. The molecule has 1 aliphatic heterocycles. The fourth-order valence-corrected chi connectivity index (χ4v) is 3.68. The van der Waals surface area contributed by atoms with E-state index in [1.54, 1.807) is 0 Å². The van der Waals surface area contributed by atoms with E-state index < -0.39 is 5.97 Å². The largest absolute Gasteiger partial charge is 0.480 e. The van der Waals surface area contributed by atoms with Crippen molar-refractivity contribution in [2.45, 2.75) is 63.5 Å². The van der Waals surface area contributed by atoms with Crippen LogP contribution in [0.1, 0.15) is 51.4 Å². The molecule has 0 spiro atoms. The minimum atomic E-state index is -0.671. The van der Waals surface area contributed by atoms with E-state index in [9.17, 15) is 14.3 Å². The standard InChI is InChI=1S/C14H24FNO2/c15-8-4-1-5-9-16-12-7-3-2-6-11(12)10-13(16)14(17)18/h11-13H,1-10H2,(H,17,18). The third kappa shape index (κ3) is 3.02. The number of alkyl halides is 1. The van der Waals surface area contributed by atoms with Gasteiger partial charge in [0.15, 0.2) is 0 Å². The number of fused-ring (bicyclic) bond motifs is 1.